The Bertz CT molecular complexity index is 370. The van der Waals surface area contributed by atoms with Crippen molar-refractivity contribution in [1.82, 2.24) is 15.1 Å². The zero-order valence-electron chi connectivity index (χ0n) is 17.0. The number of guanidine groups is 1. The van der Waals surface area contributed by atoms with Crippen LogP contribution in [-0.2, 0) is 9.47 Å². The van der Waals surface area contributed by atoms with Crippen molar-refractivity contribution in [1.29, 1.82) is 0 Å². The van der Waals surface area contributed by atoms with E-state index in [1.807, 2.05) is 7.05 Å². The number of hydrogen-bond donors (Lipinski definition) is 1. The maximum atomic E-state index is 5.93. The first-order chi connectivity index (χ1) is 11.4. The third kappa shape index (κ3) is 10.6. The number of halogens is 1. The van der Waals surface area contributed by atoms with E-state index in [0.717, 1.165) is 64.6 Å². The molecule has 0 aromatic heterocycles. The van der Waals surface area contributed by atoms with Gasteiger partial charge in [-0.25, -0.2) is 0 Å². The number of nitrogens with zero attached hydrogens (tertiary/aromatic N) is 3. The number of ether oxygens (including phenoxy) is 2. The normalized spacial score (nSPS) is 16.9. The number of methoxy groups -OCH3 is 1. The van der Waals surface area contributed by atoms with Crippen molar-refractivity contribution in [3.63, 3.8) is 0 Å². The van der Waals surface area contributed by atoms with Gasteiger partial charge in [-0.15, -0.1) is 24.0 Å². The Kier molecular flexibility index (Phi) is 13.0. The average Bonchev–Trinajstić information content (AvgIpc) is 2.52. The minimum atomic E-state index is 0. The number of piperidine rings is 1. The van der Waals surface area contributed by atoms with E-state index >= 15 is 0 Å². The molecule has 0 atom stereocenters. The van der Waals surface area contributed by atoms with Crippen LogP contribution in [0, 0.1) is 5.41 Å². The summed E-state index contributed by atoms with van der Waals surface area (Å²) in [5.41, 5.74) is 0.211. The van der Waals surface area contributed by atoms with Crippen molar-refractivity contribution in [3.8, 4) is 0 Å². The molecule has 150 valence electrons. The maximum Gasteiger partial charge on any atom is 0.193 e. The molecule has 1 heterocycles. The predicted molar refractivity (Wildman–Crippen MR) is 116 cm³/mol. The molecule has 0 saturated carbocycles. The molecule has 25 heavy (non-hydrogen) atoms. The van der Waals surface area contributed by atoms with Gasteiger partial charge in [-0.05, 0) is 38.8 Å². The van der Waals surface area contributed by atoms with Gasteiger partial charge in [-0.3, -0.25) is 4.99 Å². The third-order valence-electron chi connectivity index (χ3n) is 4.27. The fourth-order valence-corrected chi connectivity index (χ4v) is 3.25. The lowest BCUT2D eigenvalue weighted by Gasteiger charge is -2.36. The van der Waals surface area contributed by atoms with E-state index in [2.05, 4.69) is 48.1 Å². The lowest BCUT2D eigenvalue weighted by molar-refractivity contribution is 0.00982. The Labute approximate surface area is 171 Å². The van der Waals surface area contributed by atoms with Gasteiger partial charge in [0.05, 0.1) is 6.10 Å². The third-order valence-corrected chi connectivity index (χ3v) is 4.27. The molecule has 1 aliphatic heterocycles. The van der Waals surface area contributed by atoms with Crippen LogP contribution >= 0.6 is 24.0 Å². The number of likely N-dealkylation sites (tertiary alicyclic amines) is 1. The fraction of sp³-hybridized carbons (Fsp3) is 0.944. The number of nitrogens with one attached hydrogen (secondary N) is 1. The van der Waals surface area contributed by atoms with E-state index in [-0.39, 0.29) is 29.4 Å². The first kappa shape index (κ1) is 24.9. The van der Waals surface area contributed by atoms with Crippen LogP contribution in [0.2, 0.25) is 0 Å². The Balaban J connectivity index is 0.00000576. The van der Waals surface area contributed by atoms with Crippen molar-refractivity contribution in [2.75, 3.05) is 67.6 Å². The average molecular weight is 470 g/mol. The number of hydrogen-bond acceptors (Lipinski definition) is 4. The summed E-state index contributed by atoms with van der Waals surface area (Å²) in [4.78, 5) is 9.05. The maximum absolute atomic E-state index is 5.93. The summed E-state index contributed by atoms with van der Waals surface area (Å²) in [6.07, 6.45) is 3.48. The van der Waals surface area contributed by atoms with Crippen LogP contribution in [-0.4, -0.2) is 89.5 Å². The smallest absolute Gasteiger partial charge is 0.193 e. The predicted octanol–water partition coefficient (Wildman–Crippen LogP) is 2.29. The number of aliphatic imine (C=N–C) groups is 1. The van der Waals surface area contributed by atoms with Gasteiger partial charge in [0.1, 0.15) is 0 Å². The first-order valence-electron chi connectivity index (χ1n) is 9.09. The second kappa shape index (κ2) is 13.1. The molecular weight excluding hydrogens is 431 g/mol. The zero-order chi connectivity index (χ0) is 18.0. The molecule has 1 N–H and O–H groups in total. The molecular formula is C18H39IN4O2. The summed E-state index contributed by atoms with van der Waals surface area (Å²) in [6.45, 7) is 10.1. The van der Waals surface area contributed by atoms with Crippen molar-refractivity contribution in [2.24, 2.45) is 10.4 Å². The highest BCUT2D eigenvalue weighted by molar-refractivity contribution is 14.0. The van der Waals surface area contributed by atoms with Gasteiger partial charge in [-0.1, -0.05) is 13.8 Å². The summed E-state index contributed by atoms with van der Waals surface area (Å²) >= 11 is 0. The lowest BCUT2D eigenvalue weighted by Crippen LogP contribution is -2.50. The first-order valence-corrected chi connectivity index (χ1v) is 9.09. The molecule has 0 aromatic rings. The summed E-state index contributed by atoms with van der Waals surface area (Å²) < 4.78 is 11.0. The van der Waals surface area contributed by atoms with Crippen molar-refractivity contribution >= 4 is 29.9 Å². The topological polar surface area (TPSA) is 49.3 Å². The van der Waals surface area contributed by atoms with E-state index in [0.29, 0.717) is 6.10 Å². The zero-order valence-corrected chi connectivity index (χ0v) is 19.3. The highest BCUT2D eigenvalue weighted by Gasteiger charge is 2.24. The van der Waals surface area contributed by atoms with Crippen molar-refractivity contribution < 1.29 is 9.47 Å². The van der Waals surface area contributed by atoms with Crippen LogP contribution < -0.4 is 5.32 Å². The summed E-state index contributed by atoms with van der Waals surface area (Å²) in [7, 11) is 7.84. The second-order valence-electron chi connectivity index (χ2n) is 7.71. The molecule has 0 spiro atoms. The van der Waals surface area contributed by atoms with Crippen LogP contribution in [0.3, 0.4) is 0 Å². The molecule has 1 fully saturated rings. The molecule has 1 aliphatic rings. The minimum absolute atomic E-state index is 0. The summed E-state index contributed by atoms with van der Waals surface area (Å²) in [5, 5.41) is 3.55. The van der Waals surface area contributed by atoms with Gasteiger partial charge < -0.3 is 24.6 Å². The molecule has 6 nitrogen and oxygen atoms in total. The quantitative estimate of drug-likeness (QED) is 0.243. The monoisotopic (exact) mass is 470 g/mol. The van der Waals surface area contributed by atoms with Gasteiger partial charge >= 0.3 is 0 Å². The molecule has 0 aliphatic carbocycles. The molecule has 7 heteroatoms. The van der Waals surface area contributed by atoms with E-state index in [1.54, 1.807) is 7.11 Å². The van der Waals surface area contributed by atoms with E-state index in [4.69, 9.17) is 9.47 Å². The Hall–Kier alpha value is -0.120. The number of rotatable bonds is 9. The van der Waals surface area contributed by atoms with E-state index < -0.39 is 0 Å². The van der Waals surface area contributed by atoms with Crippen molar-refractivity contribution in [2.45, 2.75) is 39.2 Å². The molecule has 0 radical (unpaired) electrons. The van der Waals surface area contributed by atoms with Crippen molar-refractivity contribution in [3.05, 3.63) is 0 Å². The SMILES string of the molecule is CN=C(NCC(C)(C)CN(C)C)N1CCC(OCCCOC)CC1.I. The second-order valence-corrected chi connectivity index (χ2v) is 7.71. The molecule has 0 amide bonds. The Morgan fingerprint density at radius 1 is 1.24 bits per heavy atom. The fourth-order valence-electron chi connectivity index (χ4n) is 3.25. The Morgan fingerprint density at radius 3 is 2.40 bits per heavy atom. The highest BCUT2D eigenvalue weighted by atomic mass is 127. The standard InChI is InChI=1S/C18H38N4O2.HI/c1-18(2,15-21(4)5)14-20-17(19-3)22-10-8-16(9-11-22)24-13-7-12-23-6;/h16H,7-15H2,1-6H3,(H,19,20);1H. The van der Waals surface area contributed by atoms with E-state index in [1.165, 1.54) is 0 Å². The molecule has 0 bridgehead atoms. The minimum Gasteiger partial charge on any atom is -0.385 e. The van der Waals surface area contributed by atoms with Crippen LogP contribution in [0.25, 0.3) is 0 Å². The molecule has 1 rings (SSSR count). The lowest BCUT2D eigenvalue weighted by atomic mass is 9.93. The van der Waals surface area contributed by atoms with Crippen LogP contribution in [0.5, 0.6) is 0 Å². The summed E-state index contributed by atoms with van der Waals surface area (Å²) in [5.74, 6) is 1.01. The van der Waals surface area contributed by atoms with Gasteiger partial charge in [0.2, 0.25) is 0 Å². The summed E-state index contributed by atoms with van der Waals surface area (Å²) in [6, 6.07) is 0. The molecule has 1 saturated heterocycles. The van der Waals surface area contributed by atoms with Crippen LogP contribution in [0.4, 0.5) is 0 Å². The molecule has 0 unspecified atom stereocenters. The van der Waals surface area contributed by atoms with Crippen LogP contribution in [0.1, 0.15) is 33.1 Å². The van der Waals surface area contributed by atoms with Gasteiger partial charge in [-0.2, -0.15) is 0 Å². The van der Waals surface area contributed by atoms with Gasteiger partial charge in [0.15, 0.2) is 5.96 Å². The largest absolute Gasteiger partial charge is 0.385 e. The molecule has 0 aromatic carbocycles. The van der Waals surface area contributed by atoms with Gasteiger partial charge in [0, 0.05) is 53.6 Å². The van der Waals surface area contributed by atoms with E-state index in [9.17, 15) is 0 Å². The van der Waals surface area contributed by atoms with Crippen LogP contribution in [0.15, 0.2) is 4.99 Å². The Morgan fingerprint density at radius 2 is 1.88 bits per heavy atom. The highest BCUT2D eigenvalue weighted by Crippen LogP contribution is 2.16. The van der Waals surface area contributed by atoms with Gasteiger partial charge in [0.25, 0.3) is 0 Å².